The van der Waals surface area contributed by atoms with Crippen LogP contribution in [0.25, 0.3) is 16.9 Å². The number of benzene rings is 1. The van der Waals surface area contributed by atoms with E-state index in [1.807, 2.05) is 67.2 Å². The molecule has 0 saturated carbocycles. The predicted octanol–water partition coefficient (Wildman–Crippen LogP) is 3.02. The fourth-order valence-corrected chi connectivity index (χ4v) is 2.67. The maximum absolute atomic E-state index is 4.74. The van der Waals surface area contributed by atoms with Crippen LogP contribution in [0.4, 0.5) is 0 Å². The monoisotopic (exact) mass is 343 g/mol. The first-order valence-electron chi connectivity index (χ1n) is 8.21. The summed E-state index contributed by atoms with van der Waals surface area (Å²) in [7, 11) is 0. The molecule has 0 aliphatic carbocycles. The zero-order valence-corrected chi connectivity index (χ0v) is 14.5. The van der Waals surface area contributed by atoms with Gasteiger partial charge in [-0.15, -0.1) is 10.2 Å². The molecule has 3 heterocycles. The number of pyridine rings is 1. The highest BCUT2D eigenvalue weighted by atomic mass is 15.4. The molecule has 0 spiro atoms. The quantitative estimate of drug-likeness (QED) is 0.534. The highest BCUT2D eigenvalue weighted by molar-refractivity contribution is 5.88. The van der Waals surface area contributed by atoms with E-state index in [4.69, 9.17) is 5.10 Å². The topological polar surface area (TPSA) is 73.8 Å². The van der Waals surface area contributed by atoms with Crippen LogP contribution in [0.5, 0.6) is 0 Å². The average molecular weight is 343 g/mol. The molecule has 0 unspecified atom stereocenters. The molecule has 3 aromatic heterocycles. The first kappa shape index (κ1) is 15.9. The summed E-state index contributed by atoms with van der Waals surface area (Å²) >= 11 is 0. The van der Waals surface area contributed by atoms with Crippen molar-refractivity contribution in [2.75, 3.05) is 0 Å². The Morgan fingerprint density at radius 1 is 0.962 bits per heavy atom. The Labute approximate surface area is 150 Å². The normalized spacial score (nSPS) is 11.3. The second-order valence-electron chi connectivity index (χ2n) is 5.81. The molecule has 0 aliphatic heterocycles. The summed E-state index contributed by atoms with van der Waals surface area (Å²) in [5.74, 6) is 1.47. The summed E-state index contributed by atoms with van der Waals surface area (Å²) in [6, 6.07) is 13.8. The minimum absolute atomic E-state index is 0.733. The summed E-state index contributed by atoms with van der Waals surface area (Å²) in [6.45, 7) is 3.74. The molecule has 0 bridgehead atoms. The zero-order chi connectivity index (χ0) is 17.9. The van der Waals surface area contributed by atoms with Gasteiger partial charge < -0.3 is 0 Å². The van der Waals surface area contributed by atoms with Crippen molar-refractivity contribution in [2.45, 2.75) is 13.8 Å². The number of para-hydroxylation sites is 1. The van der Waals surface area contributed by atoms with Crippen molar-refractivity contribution in [1.29, 1.82) is 0 Å². The summed E-state index contributed by atoms with van der Waals surface area (Å²) in [4.78, 5) is 4.20. The van der Waals surface area contributed by atoms with E-state index < -0.39 is 0 Å². The van der Waals surface area contributed by atoms with Gasteiger partial charge in [-0.3, -0.25) is 4.98 Å². The predicted molar refractivity (Wildman–Crippen MR) is 99.3 cm³/mol. The Kier molecular flexibility index (Phi) is 4.10. The summed E-state index contributed by atoms with van der Waals surface area (Å²) in [6.07, 6.45) is 7.27. The lowest BCUT2D eigenvalue weighted by molar-refractivity contribution is 0.799. The molecule has 0 fully saturated rings. The van der Waals surface area contributed by atoms with Crippen LogP contribution in [0.1, 0.15) is 17.2 Å². The van der Waals surface area contributed by atoms with Gasteiger partial charge in [0.15, 0.2) is 11.6 Å². The van der Waals surface area contributed by atoms with Gasteiger partial charge >= 0.3 is 0 Å². The van der Waals surface area contributed by atoms with Crippen molar-refractivity contribution in [3.05, 3.63) is 78.3 Å². The Hall–Kier alpha value is -3.61. The van der Waals surface area contributed by atoms with Gasteiger partial charge in [-0.25, -0.2) is 9.36 Å². The van der Waals surface area contributed by atoms with Crippen LogP contribution in [-0.4, -0.2) is 35.9 Å². The number of hydrogen-bond donors (Lipinski definition) is 0. The van der Waals surface area contributed by atoms with Gasteiger partial charge in [0.25, 0.3) is 0 Å². The van der Waals surface area contributed by atoms with Gasteiger partial charge in [0.2, 0.25) is 0 Å². The van der Waals surface area contributed by atoms with Crippen molar-refractivity contribution in [1.82, 2.24) is 29.6 Å². The fourth-order valence-electron chi connectivity index (χ4n) is 2.67. The molecule has 4 aromatic rings. The van der Waals surface area contributed by atoms with Crippen LogP contribution in [0.15, 0.2) is 66.2 Å². The number of hydrogen-bond acceptors (Lipinski definition) is 5. The van der Waals surface area contributed by atoms with E-state index in [9.17, 15) is 0 Å². The Bertz CT molecular complexity index is 1030. The molecule has 7 heteroatoms. The molecule has 4 rings (SSSR count). The van der Waals surface area contributed by atoms with Crippen LogP contribution in [0.3, 0.4) is 0 Å². The zero-order valence-electron chi connectivity index (χ0n) is 14.5. The van der Waals surface area contributed by atoms with E-state index in [2.05, 4.69) is 20.3 Å². The molecule has 128 valence electrons. The van der Waals surface area contributed by atoms with Gasteiger partial charge in [0.05, 0.1) is 11.9 Å². The third-order valence-electron chi connectivity index (χ3n) is 3.96. The van der Waals surface area contributed by atoms with Gasteiger partial charge in [0.1, 0.15) is 5.69 Å². The summed E-state index contributed by atoms with van der Waals surface area (Å²) in [5.41, 5.74) is 3.61. The molecule has 0 radical (unpaired) electrons. The number of rotatable bonds is 4. The molecule has 7 nitrogen and oxygen atoms in total. The van der Waals surface area contributed by atoms with Gasteiger partial charge in [-0.2, -0.15) is 10.2 Å². The van der Waals surface area contributed by atoms with Crippen molar-refractivity contribution in [2.24, 2.45) is 5.10 Å². The Morgan fingerprint density at radius 3 is 2.42 bits per heavy atom. The molecular weight excluding hydrogens is 326 g/mol. The van der Waals surface area contributed by atoms with E-state index in [-0.39, 0.29) is 0 Å². The maximum Gasteiger partial charge on any atom is 0.151 e. The third kappa shape index (κ3) is 3.02. The maximum atomic E-state index is 4.74. The van der Waals surface area contributed by atoms with Crippen LogP contribution < -0.4 is 0 Å². The second-order valence-corrected chi connectivity index (χ2v) is 5.81. The van der Waals surface area contributed by atoms with Crippen LogP contribution >= 0.6 is 0 Å². The number of aryl methyl sites for hydroxylation is 2. The van der Waals surface area contributed by atoms with Crippen LogP contribution in [0, 0.1) is 13.8 Å². The number of nitrogens with zero attached hydrogens (tertiary/aromatic N) is 7. The standard InChI is InChI=1S/C19H17N7/c1-14-22-23-15(2)26(14)21-12-17-13-25(18-8-4-3-5-9-18)24-19(17)16-7-6-10-20-11-16/h3-13H,1-2H3/b21-12-. The molecule has 0 atom stereocenters. The van der Waals surface area contributed by atoms with Crippen LogP contribution in [-0.2, 0) is 0 Å². The summed E-state index contributed by atoms with van der Waals surface area (Å²) in [5, 5.41) is 17.3. The fraction of sp³-hybridized carbons (Fsp3) is 0.105. The highest BCUT2D eigenvalue weighted by Crippen LogP contribution is 2.22. The van der Waals surface area contributed by atoms with E-state index in [1.54, 1.807) is 23.3 Å². The van der Waals surface area contributed by atoms with E-state index in [0.717, 1.165) is 34.2 Å². The molecule has 0 amide bonds. The minimum atomic E-state index is 0.733. The smallest absolute Gasteiger partial charge is 0.151 e. The first-order chi connectivity index (χ1) is 12.7. The minimum Gasteiger partial charge on any atom is -0.264 e. The van der Waals surface area contributed by atoms with Crippen molar-refractivity contribution in [3.63, 3.8) is 0 Å². The molecule has 0 aliphatic rings. The van der Waals surface area contributed by atoms with E-state index >= 15 is 0 Å². The van der Waals surface area contributed by atoms with Gasteiger partial charge in [-0.05, 0) is 38.1 Å². The lowest BCUT2D eigenvalue weighted by atomic mass is 10.1. The molecule has 1 aromatic carbocycles. The number of aromatic nitrogens is 6. The summed E-state index contributed by atoms with van der Waals surface area (Å²) < 4.78 is 3.54. The lowest BCUT2D eigenvalue weighted by Crippen LogP contribution is -1.96. The largest absolute Gasteiger partial charge is 0.264 e. The molecular formula is C19H17N7. The van der Waals surface area contributed by atoms with Crippen LogP contribution in [0.2, 0.25) is 0 Å². The highest BCUT2D eigenvalue weighted by Gasteiger charge is 2.11. The molecule has 0 saturated heterocycles. The first-order valence-corrected chi connectivity index (χ1v) is 8.21. The molecule has 26 heavy (non-hydrogen) atoms. The van der Waals surface area contributed by atoms with Crippen molar-refractivity contribution in [3.8, 4) is 16.9 Å². The molecule has 0 N–H and O–H groups in total. The Morgan fingerprint density at radius 2 is 1.73 bits per heavy atom. The van der Waals surface area contributed by atoms with E-state index in [1.165, 1.54) is 0 Å². The van der Waals surface area contributed by atoms with E-state index in [0.29, 0.717) is 0 Å². The average Bonchev–Trinajstić information content (AvgIpc) is 3.25. The third-order valence-corrected chi connectivity index (χ3v) is 3.96. The van der Waals surface area contributed by atoms with Crippen molar-refractivity contribution < 1.29 is 0 Å². The van der Waals surface area contributed by atoms with Gasteiger partial charge in [0, 0.05) is 29.7 Å². The Balaban J connectivity index is 1.81. The van der Waals surface area contributed by atoms with Gasteiger partial charge in [-0.1, -0.05) is 18.2 Å². The SMILES string of the molecule is Cc1nnc(C)n1/N=C\c1cn(-c2ccccc2)nc1-c1cccnc1. The lowest BCUT2D eigenvalue weighted by Gasteiger charge is -2.00. The van der Waals surface area contributed by atoms with Crippen molar-refractivity contribution >= 4 is 6.21 Å². The second kappa shape index (κ2) is 6.72.